The summed E-state index contributed by atoms with van der Waals surface area (Å²) < 4.78 is 10.1. The van der Waals surface area contributed by atoms with Gasteiger partial charge in [0.25, 0.3) is 0 Å². The van der Waals surface area contributed by atoms with Crippen molar-refractivity contribution in [3.8, 4) is 0 Å². The van der Waals surface area contributed by atoms with Gasteiger partial charge in [0.05, 0.1) is 25.0 Å². The van der Waals surface area contributed by atoms with E-state index in [4.69, 9.17) is 9.15 Å². The van der Waals surface area contributed by atoms with E-state index in [1.807, 2.05) is 12.1 Å². The number of aromatic nitrogens is 1. The van der Waals surface area contributed by atoms with Crippen LogP contribution in [0, 0.1) is 0 Å². The lowest BCUT2D eigenvalue weighted by Crippen LogP contribution is -2.06. The van der Waals surface area contributed by atoms with Gasteiger partial charge in [0, 0.05) is 6.20 Å². The molecule has 0 fully saturated rings. The average Bonchev–Trinajstić information content (AvgIpc) is 2.90. The van der Waals surface area contributed by atoms with Gasteiger partial charge in [-0.25, -0.2) is 9.78 Å². The highest BCUT2D eigenvalue weighted by Crippen LogP contribution is 2.08. The van der Waals surface area contributed by atoms with Gasteiger partial charge >= 0.3 is 5.97 Å². The van der Waals surface area contributed by atoms with Gasteiger partial charge in [0.2, 0.25) is 0 Å². The van der Waals surface area contributed by atoms with E-state index < -0.39 is 0 Å². The molecule has 0 unspecified atom stereocenters. The first-order valence-electron chi connectivity index (χ1n) is 5.69. The number of anilines is 1. The van der Waals surface area contributed by atoms with Crippen molar-refractivity contribution in [1.82, 2.24) is 4.98 Å². The molecule has 0 atom stereocenters. The third-order valence-corrected chi connectivity index (χ3v) is 2.30. The zero-order valence-electron chi connectivity index (χ0n) is 10.1. The van der Waals surface area contributed by atoms with Crippen LogP contribution in [0.15, 0.2) is 41.1 Å². The number of furan rings is 1. The molecular formula is C13H14N2O3. The zero-order valence-corrected chi connectivity index (χ0v) is 10.1. The van der Waals surface area contributed by atoms with Gasteiger partial charge < -0.3 is 14.5 Å². The van der Waals surface area contributed by atoms with Gasteiger partial charge in [0.15, 0.2) is 0 Å². The lowest BCUT2D eigenvalue weighted by Gasteiger charge is -2.05. The van der Waals surface area contributed by atoms with Crippen molar-refractivity contribution in [2.75, 3.05) is 11.9 Å². The van der Waals surface area contributed by atoms with Crippen molar-refractivity contribution in [2.24, 2.45) is 0 Å². The first-order chi connectivity index (χ1) is 8.79. The van der Waals surface area contributed by atoms with Crippen LogP contribution in [0.4, 0.5) is 5.82 Å². The molecule has 0 amide bonds. The van der Waals surface area contributed by atoms with Crippen LogP contribution in [0.5, 0.6) is 0 Å². The van der Waals surface area contributed by atoms with Crippen molar-refractivity contribution in [1.29, 1.82) is 0 Å². The van der Waals surface area contributed by atoms with Gasteiger partial charge in [0.1, 0.15) is 11.6 Å². The summed E-state index contributed by atoms with van der Waals surface area (Å²) in [5.74, 6) is 1.15. The average molecular weight is 246 g/mol. The predicted molar refractivity (Wildman–Crippen MR) is 66.2 cm³/mol. The SMILES string of the molecule is CCOC(=O)c1ccc(NCc2ccco2)nc1. The first kappa shape index (κ1) is 12.2. The van der Waals surface area contributed by atoms with Crippen LogP contribution in [0.2, 0.25) is 0 Å². The largest absolute Gasteiger partial charge is 0.467 e. The van der Waals surface area contributed by atoms with Crippen LogP contribution < -0.4 is 5.32 Å². The van der Waals surface area contributed by atoms with Crippen LogP contribution >= 0.6 is 0 Å². The molecule has 2 rings (SSSR count). The molecule has 0 spiro atoms. The van der Waals surface area contributed by atoms with Crippen molar-refractivity contribution < 1.29 is 13.9 Å². The van der Waals surface area contributed by atoms with Crippen LogP contribution in [-0.2, 0) is 11.3 Å². The van der Waals surface area contributed by atoms with Gasteiger partial charge in [-0.15, -0.1) is 0 Å². The molecule has 0 saturated heterocycles. The summed E-state index contributed by atoms with van der Waals surface area (Å²) in [7, 11) is 0. The predicted octanol–water partition coefficient (Wildman–Crippen LogP) is 2.46. The molecule has 5 nitrogen and oxygen atoms in total. The molecule has 0 aliphatic rings. The molecule has 2 aromatic heterocycles. The maximum atomic E-state index is 11.4. The first-order valence-corrected chi connectivity index (χ1v) is 5.69. The number of carbonyl (C=O) groups is 1. The number of hydrogen-bond acceptors (Lipinski definition) is 5. The monoisotopic (exact) mass is 246 g/mol. The molecule has 0 bridgehead atoms. The fourth-order valence-electron chi connectivity index (χ4n) is 1.42. The number of hydrogen-bond donors (Lipinski definition) is 1. The summed E-state index contributed by atoms with van der Waals surface area (Å²) in [6.07, 6.45) is 3.11. The third kappa shape index (κ3) is 3.10. The van der Waals surface area contributed by atoms with Crippen molar-refractivity contribution in [2.45, 2.75) is 13.5 Å². The Hall–Kier alpha value is -2.30. The topological polar surface area (TPSA) is 64.4 Å². The molecule has 0 aliphatic heterocycles. The molecule has 0 saturated carbocycles. The Morgan fingerprint density at radius 1 is 1.44 bits per heavy atom. The van der Waals surface area contributed by atoms with E-state index in [1.165, 1.54) is 6.20 Å². The highest BCUT2D eigenvalue weighted by Gasteiger charge is 2.06. The van der Waals surface area contributed by atoms with E-state index in [0.29, 0.717) is 24.5 Å². The molecule has 0 aromatic carbocycles. The number of rotatable bonds is 5. The summed E-state index contributed by atoms with van der Waals surface area (Å²) in [4.78, 5) is 15.5. The second-order valence-electron chi connectivity index (χ2n) is 3.59. The standard InChI is InChI=1S/C13H14N2O3/c1-2-17-13(16)10-5-6-12(14-8-10)15-9-11-4-3-7-18-11/h3-8H,2,9H2,1H3,(H,14,15). The number of nitrogens with one attached hydrogen (secondary N) is 1. The Bertz CT molecular complexity index is 491. The smallest absolute Gasteiger partial charge is 0.339 e. The molecule has 1 N–H and O–H groups in total. The summed E-state index contributed by atoms with van der Waals surface area (Å²) in [5, 5.41) is 3.09. The molecule has 0 radical (unpaired) electrons. The van der Waals surface area contributed by atoms with Gasteiger partial charge in [-0.05, 0) is 31.2 Å². The Balaban J connectivity index is 1.93. The van der Waals surface area contributed by atoms with Crippen LogP contribution in [0.25, 0.3) is 0 Å². The number of pyridine rings is 1. The molecule has 18 heavy (non-hydrogen) atoms. The highest BCUT2D eigenvalue weighted by molar-refractivity contribution is 5.89. The summed E-state index contributed by atoms with van der Waals surface area (Å²) in [6.45, 7) is 2.68. The number of carbonyl (C=O) groups excluding carboxylic acids is 1. The second kappa shape index (κ2) is 5.86. The molecular weight excluding hydrogens is 232 g/mol. The summed E-state index contributed by atoms with van der Waals surface area (Å²) in [5.41, 5.74) is 0.445. The Labute approximate surface area is 105 Å². The highest BCUT2D eigenvalue weighted by atomic mass is 16.5. The minimum absolute atomic E-state index is 0.358. The van der Waals surface area contributed by atoms with E-state index in [-0.39, 0.29) is 5.97 Å². The fraction of sp³-hybridized carbons (Fsp3) is 0.231. The molecule has 94 valence electrons. The molecule has 2 heterocycles. The molecule has 2 aromatic rings. The van der Waals surface area contributed by atoms with Crippen LogP contribution in [0.1, 0.15) is 23.0 Å². The van der Waals surface area contributed by atoms with E-state index in [2.05, 4.69) is 10.3 Å². The Morgan fingerprint density at radius 3 is 2.94 bits per heavy atom. The van der Waals surface area contributed by atoms with Gasteiger partial charge in [-0.1, -0.05) is 0 Å². The molecule has 0 aliphatic carbocycles. The van der Waals surface area contributed by atoms with E-state index in [0.717, 1.165) is 5.76 Å². The summed E-state index contributed by atoms with van der Waals surface area (Å²) >= 11 is 0. The third-order valence-electron chi connectivity index (χ3n) is 2.30. The normalized spacial score (nSPS) is 10.1. The number of nitrogens with zero attached hydrogens (tertiary/aromatic N) is 1. The van der Waals surface area contributed by atoms with Crippen molar-refractivity contribution in [3.05, 3.63) is 48.0 Å². The lowest BCUT2D eigenvalue weighted by molar-refractivity contribution is 0.0526. The number of ether oxygens (including phenoxy) is 1. The zero-order chi connectivity index (χ0) is 12.8. The maximum absolute atomic E-state index is 11.4. The number of esters is 1. The van der Waals surface area contributed by atoms with E-state index in [9.17, 15) is 4.79 Å². The van der Waals surface area contributed by atoms with Gasteiger partial charge in [-0.3, -0.25) is 0 Å². The quantitative estimate of drug-likeness (QED) is 0.821. The minimum atomic E-state index is -0.359. The van der Waals surface area contributed by atoms with Crippen LogP contribution in [0.3, 0.4) is 0 Å². The molecule has 5 heteroatoms. The Morgan fingerprint density at radius 2 is 2.33 bits per heavy atom. The fourth-order valence-corrected chi connectivity index (χ4v) is 1.42. The van der Waals surface area contributed by atoms with E-state index in [1.54, 1.807) is 25.3 Å². The minimum Gasteiger partial charge on any atom is -0.467 e. The van der Waals surface area contributed by atoms with E-state index >= 15 is 0 Å². The Kier molecular flexibility index (Phi) is 3.96. The van der Waals surface area contributed by atoms with Crippen molar-refractivity contribution in [3.63, 3.8) is 0 Å². The summed E-state index contributed by atoms with van der Waals surface area (Å²) in [6, 6.07) is 7.11. The second-order valence-corrected chi connectivity index (χ2v) is 3.59. The lowest BCUT2D eigenvalue weighted by atomic mass is 10.3. The van der Waals surface area contributed by atoms with Crippen LogP contribution in [-0.4, -0.2) is 17.6 Å². The maximum Gasteiger partial charge on any atom is 0.339 e. The van der Waals surface area contributed by atoms with Gasteiger partial charge in [-0.2, -0.15) is 0 Å². The van der Waals surface area contributed by atoms with Crippen molar-refractivity contribution >= 4 is 11.8 Å².